The van der Waals surface area contributed by atoms with Crippen LogP contribution in [-0.4, -0.2) is 24.4 Å². The molecular formula is C20H17NO4. The Balaban J connectivity index is 1.77. The highest BCUT2D eigenvalue weighted by molar-refractivity contribution is 6.12. The van der Waals surface area contributed by atoms with Gasteiger partial charge in [0.15, 0.2) is 5.70 Å². The van der Waals surface area contributed by atoms with Crippen molar-refractivity contribution in [3.8, 4) is 0 Å². The molecule has 0 radical (unpaired) electrons. The second kappa shape index (κ2) is 7.57. The number of carbonyl (C=O) groups excluding carboxylic acids is 2. The van der Waals surface area contributed by atoms with Gasteiger partial charge in [0.1, 0.15) is 0 Å². The molecule has 1 heterocycles. The first-order chi connectivity index (χ1) is 12.2. The quantitative estimate of drug-likeness (QED) is 0.618. The van der Waals surface area contributed by atoms with Gasteiger partial charge in [-0.2, -0.15) is 0 Å². The van der Waals surface area contributed by atoms with E-state index in [1.165, 1.54) is 0 Å². The van der Waals surface area contributed by atoms with Gasteiger partial charge >= 0.3 is 11.9 Å². The lowest BCUT2D eigenvalue weighted by Gasteiger charge is -2.03. The van der Waals surface area contributed by atoms with Gasteiger partial charge in [0.2, 0.25) is 5.90 Å². The number of hydrogen-bond donors (Lipinski definition) is 0. The Hall–Kier alpha value is -3.21. The molecule has 5 heteroatoms. The van der Waals surface area contributed by atoms with Crippen molar-refractivity contribution >= 4 is 23.9 Å². The summed E-state index contributed by atoms with van der Waals surface area (Å²) in [6.07, 6.45) is 2.40. The molecule has 2 aromatic carbocycles. The van der Waals surface area contributed by atoms with Crippen LogP contribution in [0.2, 0.25) is 0 Å². The standard InChI is InChI=1S/C20H17NO4/c1-2-12-24-19(22)16-10-8-14(9-11-16)13-17-20(23)25-18(21-17)15-6-4-3-5-7-15/h3-11,13H,2,12H2,1H3/b17-13-. The van der Waals surface area contributed by atoms with Gasteiger partial charge in [0.25, 0.3) is 0 Å². The lowest BCUT2D eigenvalue weighted by molar-refractivity contribution is -0.129. The van der Waals surface area contributed by atoms with Crippen LogP contribution in [0.3, 0.4) is 0 Å². The van der Waals surface area contributed by atoms with Gasteiger partial charge in [-0.05, 0) is 42.3 Å². The van der Waals surface area contributed by atoms with Gasteiger partial charge in [-0.1, -0.05) is 37.3 Å². The van der Waals surface area contributed by atoms with Crippen LogP contribution < -0.4 is 0 Å². The molecule has 5 nitrogen and oxygen atoms in total. The second-order valence-corrected chi connectivity index (χ2v) is 5.46. The average molecular weight is 335 g/mol. The largest absolute Gasteiger partial charge is 0.462 e. The molecular weight excluding hydrogens is 318 g/mol. The summed E-state index contributed by atoms with van der Waals surface area (Å²) in [6.45, 7) is 2.33. The maximum atomic E-state index is 12.0. The van der Waals surface area contributed by atoms with Crippen LogP contribution in [0.5, 0.6) is 0 Å². The van der Waals surface area contributed by atoms with Gasteiger partial charge < -0.3 is 9.47 Å². The highest BCUT2D eigenvalue weighted by Crippen LogP contribution is 2.19. The van der Waals surface area contributed by atoms with Crippen molar-refractivity contribution in [3.63, 3.8) is 0 Å². The van der Waals surface area contributed by atoms with Crippen molar-refractivity contribution in [2.45, 2.75) is 13.3 Å². The third kappa shape index (κ3) is 4.01. The Morgan fingerprint density at radius 3 is 2.52 bits per heavy atom. The summed E-state index contributed by atoms with van der Waals surface area (Å²) >= 11 is 0. The molecule has 1 aliphatic heterocycles. The topological polar surface area (TPSA) is 65.0 Å². The lowest BCUT2D eigenvalue weighted by atomic mass is 10.1. The summed E-state index contributed by atoms with van der Waals surface area (Å²) in [5.74, 6) is -0.562. The minimum absolute atomic E-state index is 0.222. The minimum Gasteiger partial charge on any atom is -0.462 e. The number of carbonyl (C=O) groups is 2. The Labute approximate surface area is 145 Å². The monoisotopic (exact) mass is 335 g/mol. The molecule has 0 N–H and O–H groups in total. The SMILES string of the molecule is CCCOC(=O)c1ccc(/C=C2\N=C(c3ccccc3)OC2=O)cc1. The third-order valence-corrected chi connectivity index (χ3v) is 3.53. The van der Waals surface area contributed by atoms with Crippen molar-refractivity contribution < 1.29 is 19.1 Å². The molecule has 3 rings (SSSR count). The van der Waals surface area contributed by atoms with Crippen LogP contribution in [0.4, 0.5) is 0 Å². The van der Waals surface area contributed by atoms with Crippen LogP contribution in [0.25, 0.3) is 6.08 Å². The van der Waals surface area contributed by atoms with Crippen molar-refractivity contribution in [1.29, 1.82) is 0 Å². The fourth-order valence-corrected chi connectivity index (χ4v) is 2.26. The summed E-state index contributed by atoms with van der Waals surface area (Å²) in [6, 6.07) is 16.0. The summed E-state index contributed by atoms with van der Waals surface area (Å²) < 4.78 is 10.3. The molecule has 0 amide bonds. The van der Waals surface area contributed by atoms with E-state index in [1.807, 2.05) is 37.3 Å². The zero-order chi connectivity index (χ0) is 17.6. The van der Waals surface area contributed by atoms with Crippen LogP contribution in [-0.2, 0) is 14.3 Å². The number of hydrogen-bond acceptors (Lipinski definition) is 5. The van der Waals surface area contributed by atoms with E-state index in [0.717, 1.165) is 17.5 Å². The van der Waals surface area contributed by atoms with Gasteiger partial charge in [-0.15, -0.1) is 0 Å². The lowest BCUT2D eigenvalue weighted by Crippen LogP contribution is -2.05. The Bertz CT molecular complexity index is 836. The zero-order valence-corrected chi connectivity index (χ0v) is 13.8. The number of cyclic esters (lactones) is 1. The second-order valence-electron chi connectivity index (χ2n) is 5.46. The number of benzene rings is 2. The zero-order valence-electron chi connectivity index (χ0n) is 13.8. The minimum atomic E-state index is -0.495. The third-order valence-electron chi connectivity index (χ3n) is 3.53. The first kappa shape index (κ1) is 16.6. The van der Waals surface area contributed by atoms with E-state index in [9.17, 15) is 9.59 Å². The van der Waals surface area contributed by atoms with E-state index in [4.69, 9.17) is 9.47 Å². The molecule has 2 aromatic rings. The predicted molar refractivity (Wildman–Crippen MR) is 94.1 cm³/mol. The Kier molecular flexibility index (Phi) is 5.04. The predicted octanol–water partition coefficient (Wildman–Crippen LogP) is 3.60. The molecule has 0 aromatic heterocycles. The van der Waals surface area contributed by atoms with Crippen molar-refractivity contribution in [1.82, 2.24) is 0 Å². The molecule has 0 fully saturated rings. The van der Waals surface area contributed by atoms with E-state index in [-0.39, 0.29) is 17.6 Å². The highest BCUT2D eigenvalue weighted by atomic mass is 16.6. The average Bonchev–Trinajstić information content (AvgIpc) is 3.01. The molecule has 0 spiro atoms. The number of rotatable bonds is 5. The summed E-state index contributed by atoms with van der Waals surface area (Å²) in [7, 11) is 0. The van der Waals surface area contributed by atoms with Crippen LogP contribution >= 0.6 is 0 Å². The van der Waals surface area contributed by atoms with E-state index >= 15 is 0 Å². The number of nitrogens with zero attached hydrogens (tertiary/aromatic N) is 1. The number of esters is 2. The highest BCUT2D eigenvalue weighted by Gasteiger charge is 2.23. The molecule has 0 saturated carbocycles. The van der Waals surface area contributed by atoms with Crippen LogP contribution in [0, 0.1) is 0 Å². The van der Waals surface area contributed by atoms with E-state index < -0.39 is 5.97 Å². The molecule has 25 heavy (non-hydrogen) atoms. The van der Waals surface area contributed by atoms with Crippen molar-refractivity contribution in [2.24, 2.45) is 4.99 Å². The Morgan fingerprint density at radius 1 is 1.12 bits per heavy atom. The maximum absolute atomic E-state index is 12.0. The smallest absolute Gasteiger partial charge is 0.363 e. The van der Waals surface area contributed by atoms with E-state index in [1.54, 1.807) is 30.3 Å². The summed E-state index contributed by atoms with van der Waals surface area (Å²) in [5, 5.41) is 0. The summed E-state index contributed by atoms with van der Waals surface area (Å²) in [5.41, 5.74) is 2.18. The Morgan fingerprint density at radius 2 is 1.84 bits per heavy atom. The molecule has 0 unspecified atom stereocenters. The number of ether oxygens (including phenoxy) is 2. The maximum Gasteiger partial charge on any atom is 0.363 e. The van der Waals surface area contributed by atoms with Gasteiger partial charge in [-0.25, -0.2) is 14.6 Å². The summed E-state index contributed by atoms with van der Waals surface area (Å²) in [4.78, 5) is 28.0. The van der Waals surface area contributed by atoms with Gasteiger partial charge in [0.05, 0.1) is 12.2 Å². The normalized spacial score (nSPS) is 15.0. The fraction of sp³-hybridized carbons (Fsp3) is 0.150. The van der Waals surface area contributed by atoms with Crippen LogP contribution in [0.1, 0.15) is 34.8 Å². The molecule has 1 aliphatic rings. The molecule has 0 atom stereocenters. The van der Waals surface area contributed by atoms with Crippen molar-refractivity contribution in [2.75, 3.05) is 6.61 Å². The number of aliphatic imine (C=N–C) groups is 1. The van der Waals surface area contributed by atoms with Crippen LogP contribution in [0.15, 0.2) is 65.3 Å². The van der Waals surface area contributed by atoms with E-state index in [0.29, 0.717) is 12.2 Å². The van der Waals surface area contributed by atoms with E-state index in [2.05, 4.69) is 4.99 Å². The van der Waals surface area contributed by atoms with Crippen molar-refractivity contribution in [3.05, 3.63) is 77.0 Å². The van der Waals surface area contributed by atoms with Gasteiger partial charge in [0, 0.05) is 5.56 Å². The molecule has 0 bridgehead atoms. The first-order valence-electron chi connectivity index (χ1n) is 8.02. The fourth-order valence-electron chi connectivity index (χ4n) is 2.26. The first-order valence-corrected chi connectivity index (χ1v) is 8.02. The molecule has 0 saturated heterocycles. The molecule has 0 aliphatic carbocycles. The van der Waals surface area contributed by atoms with Gasteiger partial charge in [-0.3, -0.25) is 0 Å². The molecule has 126 valence electrons.